The van der Waals surface area contributed by atoms with Crippen LogP contribution in [-0.2, 0) is 20.9 Å². The van der Waals surface area contributed by atoms with Crippen molar-refractivity contribution >= 4 is 36.9 Å². The third kappa shape index (κ3) is 5.64. The van der Waals surface area contributed by atoms with Gasteiger partial charge in [0.1, 0.15) is 6.61 Å². The van der Waals surface area contributed by atoms with Gasteiger partial charge in [0, 0.05) is 6.42 Å². The Kier molecular flexibility index (Phi) is 8.83. The summed E-state index contributed by atoms with van der Waals surface area (Å²) in [5, 5.41) is 28.6. The van der Waals surface area contributed by atoms with Crippen molar-refractivity contribution in [2.75, 3.05) is 13.2 Å². The van der Waals surface area contributed by atoms with Crippen molar-refractivity contribution in [1.82, 2.24) is 14.5 Å². The molecule has 13 heteroatoms. The Balaban J connectivity index is 2.29. The van der Waals surface area contributed by atoms with Crippen molar-refractivity contribution in [2.24, 2.45) is 7.05 Å². The monoisotopic (exact) mass is 505 g/mol. The molecule has 5 N–H and O–H groups in total. The lowest BCUT2D eigenvalue weighted by Crippen LogP contribution is -2.37. The van der Waals surface area contributed by atoms with Crippen molar-refractivity contribution in [3.63, 3.8) is 0 Å². The zero-order valence-corrected chi connectivity index (χ0v) is 21.3. The first-order valence-corrected chi connectivity index (χ1v) is 12.7. The Labute approximate surface area is 197 Å². The summed E-state index contributed by atoms with van der Waals surface area (Å²) < 4.78 is 27.8. The number of rotatable bonds is 12. The standard InChI is InChI=1S/C20H33N4O7PS/c1-6-19(4,31-32(28,29)20(27,7-2)8-3)9-10-30-18(14(26)11-25)24-13-23(5)15-16(24)21-12-22-17(15)33/h12-13,25,27H,6-11H2,1-5H3,(H2-,21,22,26,28,29,33)/p+1/b18-14-. The largest absolute Gasteiger partial charge is 0.504 e. The lowest BCUT2D eigenvalue weighted by atomic mass is 10.0. The number of ether oxygens (including phenoxy) is 1. The molecule has 0 radical (unpaired) electrons. The van der Waals surface area contributed by atoms with Gasteiger partial charge >= 0.3 is 13.5 Å². The van der Waals surface area contributed by atoms with Crippen LogP contribution in [0.15, 0.2) is 18.4 Å². The molecule has 0 aliphatic rings. The van der Waals surface area contributed by atoms with Crippen LogP contribution >= 0.6 is 19.8 Å². The van der Waals surface area contributed by atoms with E-state index in [1.54, 1.807) is 45.6 Å². The fourth-order valence-corrected chi connectivity index (χ4v) is 5.45. The van der Waals surface area contributed by atoms with Crippen molar-refractivity contribution in [2.45, 2.75) is 64.3 Å². The molecule has 33 heavy (non-hydrogen) atoms. The van der Waals surface area contributed by atoms with Crippen LogP contribution in [0.3, 0.4) is 0 Å². The fraction of sp³-hybridized carbons (Fsp3) is 0.650. The first kappa shape index (κ1) is 27.4. The number of aryl methyl sites for hydroxylation is 1. The van der Waals surface area contributed by atoms with Crippen LogP contribution in [-0.4, -0.2) is 58.9 Å². The van der Waals surface area contributed by atoms with E-state index in [1.165, 1.54) is 10.9 Å². The van der Waals surface area contributed by atoms with E-state index in [-0.39, 0.29) is 31.8 Å². The number of aliphatic hydroxyl groups is 3. The average Bonchev–Trinajstić information content (AvgIpc) is 3.12. The summed E-state index contributed by atoms with van der Waals surface area (Å²) in [6.45, 7) is 6.02. The summed E-state index contributed by atoms with van der Waals surface area (Å²) in [5.74, 6) is -0.453. The highest BCUT2D eigenvalue weighted by molar-refractivity contribution is 7.71. The van der Waals surface area contributed by atoms with Gasteiger partial charge in [-0.05, 0) is 26.2 Å². The molecule has 0 fully saturated rings. The molecule has 0 amide bonds. The van der Waals surface area contributed by atoms with Gasteiger partial charge in [0.25, 0.3) is 5.65 Å². The molecule has 0 aliphatic heterocycles. The van der Waals surface area contributed by atoms with Gasteiger partial charge in [0.05, 0.1) is 19.3 Å². The Morgan fingerprint density at radius 1 is 1.33 bits per heavy atom. The van der Waals surface area contributed by atoms with Crippen LogP contribution in [0.5, 0.6) is 0 Å². The normalized spacial score (nSPS) is 16.8. The highest BCUT2D eigenvalue weighted by atomic mass is 32.1. The number of aromatic amines is 1. The number of nitrogens with one attached hydrogen (secondary N) is 1. The topological polar surface area (TPSA) is 154 Å². The summed E-state index contributed by atoms with van der Waals surface area (Å²) in [6.07, 6.45) is 3.70. The molecule has 0 saturated carbocycles. The molecule has 2 atom stereocenters. The highest BCUT2D eigenvalue weighted by Crippen LogP contribution is 2.60. The molecular formula is C20H34N4O7PS+. The van der Waals surface area contributed by atoms with Crippen LogP contribution in [0.25, 0.3) is 17.0 Å². The smallest absolute Gasteiger partial charge is 0.359 e. The predicted octanol–water partition coefficient (Wildman–Crippen LogP) is 2.88. The second kappa shape index (κ2) is 10.6. The summed E-state index contributed by atoms with van der Waals surface area (Å²) in [7, 11) is -2.62. The third-order valence-corrected chi connectivity index (χ3v) is 8.60. The summed E-state index contributed by atoms with van der Waals surface area (Å²) in [6, 6.07) is 0. The highest BCUT2D eigenvalue weighted by Gasteiger charge is 2.48. The van der Waals surface area contributed by atoms with E-state index in [2.05, 4.69) is 9.97 Å². The number of nitrogens with zero attached hydrogens (tertiary/aromatic N) is 3. The minimum absolute atomic E-state index is 0.0182. The predicted molar refractivity (Wildman–Crippen MR) is 125 cm³/mol. The Hall–Kier alpha value is -1.82. The van der Waals surface area contributed by atoms with Gasteiger partial charge in [-0.3, -0.25) is 14.1 Å². The van der Waals surface area contributed by atoms with Crippen molar-refractivity contribution in [3.05, 3.63) is 23.1 Å². The number of H-pyrrole nitrogens is 1. The maximum atomic E-state index is 12.9. The number of aliphatic hydroxyl groups excluding tert-OH is 2. The molecule has 0 bridgehead atoms. The number of aromatic nitrogens is 4. The maximum Gasteiger partial charge on any atom is 0.359 e. The summed E-state index contributed by atoms with van der Waals surface area (Å²) in [4.78, 5) is 17.5. The van der Waals surface area contributed by atoms with E-state index >= 15 is 0 Å². The van der Waals surface area contributed by atoms with E-state index in [9.17, 15) is 24.8 Å². The van der Waals surface area contributed by atoms with Gasteiger partial charge in [-0.2, -0.15) is 4.57 Å². The summed E-state index contributed by atoms with van der Waals surface area (Å²) in [5.41, 5.74) is 0.00835. The number of hydrogen-bond acceptors (Lipinski definition) is 8. The molecule has 2 rings (SSSR count). The van der Waals surface area contributed by atoms with Gasteiger partial charge in [0.15, 0.2) is 28.4 Å². The Morgan fingerprint density at radius 3 is 2.52 bits per heavy atom. The average molecular weight is 506 g/mol. The molecule has 2 aromatic rings. The Morgan fingerprint density at radius 2 is 1.97 bits per heavy atom. The quantitative estimate of drug-likeness (QED) is 0.127. The number of hydrogen-bond donors (Lipinski definition) is 5. The molecule has 2 heterocycles. The maximum absolute atomic E-state index is 12.9. The molecular weight excluding hydrogens is 471 g/mol. The van der Waals surface area contributed by atoms with E-state index in [1.807, 2.05) is 0 Å². The zero-order chi connectivity index (χ0) is 25.0. The summed E-state index contributed by atoms with van der Waals surface area (Å²) >= 11 is 5.27. The molecule has 2 aromatic heterocycles. The molecule has 11 nitrogen and oxygen atoms in total. The molecule has 2 unspecified atom stereocenters. The van der Waals surface area contributed by atoms with Crippen LogP contribution in [0.4, 0.5) is 0 Å². The van der Waals surface area contributed by atoms with Crippen molar-refractivity contribution in [3.8, 4) is 0 Å². The third-order valence-electron chi connectivity index (χ3n) is 5.93. The zero-order valence-electron chi connectivity index (χ0n) is 19.6. The van der Waals surface area contributed by atoms with Gasteiger partial charge in [-0.15, -0.1) is 0 Å². The van der Waals surface area contributed by atoms with Gasteiger partial charge in [0.2, 0.25) is 5.52 Å². The van der Waals surface area contributed by atoms with E-state index in [0.29, 0.717) is 22.2 Å². The molecule has 186 valence electrons. The van der Waals surface area contributed by atoms with Crippen molar-refractivity contribution < 1.29 is 38.6 Å². The SMILES string of the molecule is CCC(C)(CCO/C(=C(\O)CO)[n+]1cn(C)c2c(=S)nc[nH]c21)OP(=O)(O)C(O)(CC)CC. The van der Waals surface area contributed by atoms with Crippen molar-refractivity contribution in [1.29, 1.82) is 0 Å². The van der Waals surface area contributed by atoms with Crippen LogP contribution < -0.4 is 4.57 Å². The molecule has 0 aromatic carbocycles. The number of fused-ring (bicyclic) bond motifs is 1. The fourth-order valence-electron chi connectivity index (χ4n) is 3.37. The van der Waals surface area contributed by atoms with Crippen LogP contribution in [0, 0.1) is 4.64 Å². The number of imidazole rings is 1. The lowest BCUT2D eigenvalue weighted by molar-refractivity contribution is -0.579. The van der Waals surface area contributed by atoms with Gasteiger partial charge in [-0.1, -0.05) is 33.0 Å². The molecule has 0 saturated heterocycles. The second-order valence-electron chi connectivity index (χ2n) is 8.11. The van der Waals surface area contributed by atoms with Crippen LogP contribution in [0.1, 0.15) is 53.4 Å². The van der Waals surface area contributed by atoms with E-state index in [0.717, 1.165) is 0 Å². The molecule has 0 aliphatic carbocycles. The minimum Gasteiger partial charge on any atom is -0.504 e. The minimum atomic E-state index is -4.37. The molecule has 0 spiro atoms. The van der Waals surface area contributed by atoms with Gasteiger partial charge < -0.3 is 29.5 Å². The first-order valence-electron chi connectivity index (χ1n) is 10.7. The lowest BCUT2D eigenvalue weighted by Gasteiger charge is -2.37. The first-order chi connectivity index (χ1) is 15.4. The van der Waals surface area contributed by atoms with E-state index in [4.69, 9.17) is 21.5 Å². The van der Waals surface area contributed by atoms with E-state index < -0.39 is 30.9 Å². The van der Waals surface area contributed by atoms with Crippen LogP contribution in [0.2, 0.25) is 0 Å². The Bertz CT molecular complexity index is 1110. The van der Waals surface area contributed by atoms with Gasteiger partial charge in [-0.25, -0.2) is 4.98 Å². The second-order valence-corrected chi connectivity index (χ2v) is 10.6.